The molecule has 24 heavy (non-hydrogen) atoms. The van der Waals surface area contributed by atoms with Gasteiger partial charge in [0.2, 0.25) is 0 Å². The van der Waals surface area contributed by atoms with Crippen LogP contribution in [0.2, 0.25) is 0 Å². The maximum Gasteiger partial charge on any atom is 0.194 e. The lowest BCUT2D eigenvalue weighted by atomic mass is 10.2. The van der Waals surface area contributed by atoms with E-state index in [2.05, 4.69) is 49.4 Å². The maximum atomic E-state index is 5.47. The van der Waals surface area contributed by atoms with E-state index in [1.165, 1.54) is 11.3 Å². The number of halogens is 2. The Kier molecular flexibility index (Phi) is 8.76. The van der Waals surface area contributed by atoms with Gasteiger partial charge in [0.15, 0.2) is 5.96 Å². The number of nitrogens with zero attached hydrogens (tertiary/aromatic N) is 3. The van der Waals surface area contributed by atoms with E-state index in [1.807, 2.05) is 0 Å². The summed E-state index contributed by atoms with van der Waals surface area (Å²) in [4.78, 5) is 11.1. The lowest BCUT2D eigenvalue weighted by Crippen LogP contribution is -2.46. The number of hydrogen-bond acceptors (Lipinski definition) is 4. The number of nitrogens with one attached hydrogen (secondary N) is 1. The van der Waals surface area contributed by atoms with Gasteiger partial charge in [-0.1, -0.05) is 0 Å². The second-order valence-corrected chi connectivity index (χ2v) is 7.85. The molecule has 3 rings (SSSR count). The van der Waals surface area contributed by atoms with Gasteiger partial charge in [-0.2, -0.15) is 0 Å². The van der Waals surface area contributed by atoms with Crippen LogP contribution in [0, 0.1) is 0 Å². The molecule has 2 aliphatic rings. The second kappa shape index (κ2) is 10.3. The fourth-order valence-corrected chi connectivity index (χ4v) is 4.56. The number of guanidine groups is 1. The number of rotatable bonds is 4. The van der Waals surface area contributed by atoms with Crippen LogP contribution in [0.3, 0.4) is 0 Å². The zero-order chi connectivity index (χ0) is 16.1. The number of thiophene rings is 1. The molecule has 5 nitrogen and oxygen atoms in total. The Labute approximate surface area is 174 Å². The van der Waals surface area contributed by atoms with Crippen LogP contribution in [0.1, 0.15) is 18.2 Å². The molecule has 2 saturated heterocycles. The van der Waals surface area contributed by atoms with Gasteiger partial charge in [0.05, 0.1) is 19.8 Å². The predicted octanol–water partition coefficient (Wildman–Crippen LogP) is 3.00. The van der Waals surface area contributed by atoms with Crippen molar-refractivity contribution in [1.29, 1.82) is 0 Å². The van der Waals surface area contributed by atoms with Crippen LogP contribution in [-0.2, 0) is 11.3 Å². The lowest BCUT2D eigenvalue weighted by molar-refractivity contribution is 0.0195. The number of likely N-dealkylation sites (tertiary alicyclic amines) is 1. The van der Waals surface area contributed by atoms with Crippen molar-refractivity contribution in [3.05, 3.63) is 20.8 Å². The fourth-order valence-electron chi connectivity index (χ4n) is 3.19. The summed E-state index contributed by atoms with van der Waals surface area (Å²) < 4.78 is 6.61. The predicted molar refractivity (Wildman–Crippen MR) is 115 cm³/mol. The van der Waals surface area contributed by atoms with E-state index in [4.69, 9.17) is 9.73 Å². The van der Waals surface area contributed by atoms with Crippen molar-refractivity contribution in [3.8, 4) is 0 Å². The third kappa shape index (κ3) is 5.55. The third-order valence-electron chi connectivity index (χ3n) is 4.37. The molecule has 136 valence electrons. The van der Waals surface area contributed by atoms with E-state index < -0.39 is 0 Å². The van der Waals surface area contributed by atoms with Crippen LogP contribution < -0.4 is 5.32 Å². The Morgan fingerprint density at radius 2 is 2.21 bits per heavy atom. The summed E-state index contributed by atoms with van der Waals surface area (Å²) >= 11 is 5.26. The van der Waals surface area contributed by atoms with Gasteiger partial charge in [-0.25, -0.2) is 4.99 Å². The summed E-state index contributed by atoms with van der Waals surface area (Å²) in [7, 11) is 0. The molecular formula is C16H26BrIN4OS. The number of morpholine rings is 1. The van der Waals surface area contributed by atoms with Gasteiger partial charge in [0.25, 0.3) is 0 Å². The monoisotopic (exact) mass is 528 g/mol. The summed E-state index contributed by atoms with van der Waals surface area (Å²) in [5.41, 5.74) is 0. The summed E-state index contributed by atoms with van der Waals surface area (Å²) in [5, 5.41) is 5.56. The highest BCUT2D eigenvalue weighted by atomic mass is 127. The summed E-state index contributed by atoms with van der Waals surface area (Å²) in [6.45, 7) is 9.82. The molecule has 0 spiro atoms. The molecule has 2 aliphatic heterocycles. The first kappa shape index (κ1) is 20.4. The molecular weight excluding hydrogens is 503 g/mol. The third-order valence-corrected chi connectivity index (χ3v) is 6.05. The molecule has 0 aromatic carbocycles. The average molecular weight is 529 g/mol. The Bertz CT molecular complexity index is 536. The molecule has 0 amide bonds. The highest BCUT2D eigenvalue weighted by Crippen LogP contribution is 2.21. The van der Waals surface area contributed by atoms with Crippen LogP contribution in [-0.4, -0.2) is 67.7 Å². The first-order chi connectivity index (χ1) is 11.3. The van der Waals surface area contributed by atoms with Crippen LogP contribution in [0.25, 0.3) is 0 Å². The quantitative estimate of drug-likeness (QED) is 0.370. The van der Waals surface area contributed by atoms with Crippen molar-refractivity contribution in [2.24, 2.45) is 4.99 Å². The smallest absolute Gasteiger partial charge is 0.194 e. The molecule has 1 unspecified atom stereocenters. The first-order valence-corrected chi connectivity index (χ1v) is 10.0. The minimum absolute atomic E-state index is 0. The Balaban J connectivity index is 0.00000208. The highest BCUT2D eigenvalue weighted by Gasteiger charge is 2.30. The van der Waals surface area contributed by atoms with Crippen molar-refractivity contribution in [2.45, 2.75) is 25.9 Å². The lowest BCUT2D eigenvalue weighted by Gasteiger charge is -2.32. The van der Waals surface area contributed by atoms with Crippen LogP contribution >= 0.6 is 51.2 Å². The summed E-state index contributed by atoms with van der Waals surface area (Å²) in [5.74, 6) is 1.05. The zero-order valence-electron chi connectivity index (χ0n) is 14.0. The van der Waals surface area contributed by atoms with E-state index in [1.54, 1.807) is 11.3 Å². The van der Waals surface area contributed by atoms with Crippen molar-refractivity contribution in [1.82, 2.24) is 15.1 Å². The molecule has 1 atom stereocenters. The van der Waals surface area contributed by atoms with Crippen molar-refractivity contribution in [2.75, 3.05) is 45.9 Å². The van der Waals surface area contributed by atoms with E-state index in [0.29, 0.717) is 6.04 Å². The zero-order valence-corrected chi connectivity index (χ0v) is 18.8. The van der Waals surface area contributed by atoms with Crippen LogP contribution in [0.4, 0.5) is 0 Å². The van der Waals surface area contributed by atoms with Gasteiger partial charge < -0.3 is 15.0 Å². The minimum atomic E-state index is 0. The molecule has 1 N–H and O–H groups in total. The SMILES string of the molecule is CCNC(=NCc1cc(Br)cs1)N1CCC(N2CCOCC2)C1.I. The first-order valence-electron chi connectivity index (χ1n) is 8.34. The molecule has 1 aromatic rings. The van der Waals surface area contributed by atoms with E-state index >= 15 is 0 Å². The summed E-state index contributed by atoms with van der Waals surface area (Å²) in [6.07, 6.45) is 1.22. The second-order valence-electron chi connectivity index (χ2n) is 5.94. The Hall–Kier alpha value is 0.1000. The Morgan fingerprint density at radius 3 is 2.88 bits per heavy atom. The molecule has 0 saturated carbocycles. The number of ether oxygens (including phenoxy) is 1. The standard InChI is InChI=1S/C16H25BrN4OS.HI/c1-2-18-16(19-10-15-9-13(17)12-23-15)21-4-3-14(11-21)20-5-7-22-8-6-20;/h9,12,14H,2-8,10-11H2,1H3,(H,18,19);1H. The molecule has 3 heterocycles. The highest BCUT2D eigenvalue weighted by molar-refractivity contribution is 14.0. The fraction of sp³-hybridized carbons (Fsp3) is 0.688. The molecule has 0 bridgehead atoms. The van der Waals surface area contributed by atoms with Gasteiger partial charge in [-0.15, -0.1) is 35.3 Å². The Morgan fingerprint density at radius 1 is 1.42 bits per heavy atom. The number of aliphatic imine (C=N–C) groups is 1. The van der Waals surface area contributed by atoms with E-state index in [9.17, 15) is 0 Å². The van der Waals surface area contributed by atoms with E-state index in [0.717, 1.165) is 62.9 Å². The molecule has 8 heteroatoms. The minimum Gasteiger partial charge on any atom is -0.379 e. The molecule has 0 aliphatic carbocycles. The van der Waals surface area contributed by atoms with Gasteiger partial charge >= 0.3 is 0 Å². The topological polar surface area (TPSA) is 40.1 Å². The van der Waals surface area contributed by atoms with Gasteiger partial charge in [0.1, 0.15) is 0 Å². The average Bonchev–Trinajstić information content (AvgIpc) is 3.21. The van der Waals surface area contributed by atoms with Gasteiger partial charge in [-0.3, -0.25) is 4.90 Å². The van der Waals surface area contributed by atoms with Gasteiger partial charge in [-0.05, 0) is 35.3 Å². The normalized spacial score (nSPS) is 22.5. The molecule has 2 fully saturated rings. The largest absolute Gasteiger partial charge is 0.379 e. The summed E-state index contributed by atoms with van der Waals surface area (Å²) in [6, 6.07) is 2.79. The van der Waals surface area contributed by atoms with Crippen molar-refractivity contribution in [3.63, 3.8) is 0 Å². The molecule has 1 aromatic heterocycles. The van der Waals surface area contributed by atoms with Crippen molar-refractivity contribution >= 4 is 57.2 Å². The van der Waals surface area contributed by atoms with Crippen LogP contribution in [0.5, 0.6) is 0 Å². The van der Waals surface area contributed by atoms with Crippen molar-refractivity contribution < 1.29 is 4.74 Å². The molecule has 0 radical (unpaired) electrons. The van der Waals surface area contributed by atoms with Crippen LogP contribution in [0.15, 0.2) is 20.9 Å². The van der Waals surface area contributed by atoms with E-state index in [-0.39, 0.29) is 24.0 Å². The maximum absolute atomic E-state index is 5.47. The number of hydrogen-bond donors (Lipinski definition) is 1. The van der Waals surface area contributed by atoms with Gasteiger partial charge in [0, 0.05) is 53.5 Å².